The van der Waals surface area contributed by atoms with Gasteiger partial charge in [-0.3, -0.25) is 9.88 Å². The molecule has 0 amide bonds. The first kappa shape index (κ1) is 17.1. The van der Waals surface area contributed by atoms with E-state index in [0.29, 0.717) is 0 Å². The van der Waals surface area contributed by atoms with Crippen LogP contribution < -0.4 is 4.90 Å². The second kappa shape index (κ2) is 7.47. The lowest BCUT2D eigenvalue weighted by Crippen LogP contribution is -2.48. The van der Waals surface area contributed by atoms with E-state index in [2.05, 4.69) is 37.7 Å². The minimum Gasteiger partial charge on any atom is -0.353 e. The maximum atomic E-state index is 11.7. The molecular weight excluding hydrogens is 346 g/mol. The largest absolute Gasteiger partial charge is 0.353 e. The van der Waals surface area contributed by atoms with Crippen molar-refractivity contribution >= 4 is 33.7 Å². The molecule has 1 aliphatic heterocycles. The number of carbonyl (C=O) groups excluding carboxylic acids is 1. The molecular formula is C19H21N5OS. The molecule has 1 atom stereocenters. The summed E-state index contributed by atoms with van der Waals surface area (Å²) in [5, 5.41) is 1.14. The van der Waals surface area contributed by atoms with Gasteiger partial charge in [-0.2, -0.15) is 0 Å². The fourth-order valence-corrected chi connectivity index (χ4v) is 4.35. The molecule has 0 N–H and O–H groups in total. The van der Waals surface area contributed by atoms with E-state index in [1.54, 1.807) is 23.9 Å². The Bertz CT molecular complexity index is 889. The predicted octanol–water partition coefficient (Wildman–Crippen LogP) is 2.71. The zero-order chi connectivity index (χ0) is 17.9. The Morgan fingerprint density at radius 3 is 2.73 bits per heavy atom. The minimum absolute atomic E-state index is 0.281. The van der Waals surface area contributed by atoms with Gasteiger partial charge in [0.15, 0.2) is 0 Å². The van der Waals surface area contributed by atoms with Gasteiger partial charge in [0.2, 0.25) is 0 Å². The first-order chi connectivity index (χ1) is 12.8. The number of nitrogens with zero attached hydrogens (tertiary/aromatic N) is 5. The number of aryl methyl sites for hydroxylation is 1. The molecule has 7 heteroatoms. The molecule has 26 heavy (non-hydrogen) atoms. The number of aldehydes is 1. The molecule has 6 nitrogen and oxygen atoms in total. The molecule has 1 aliphatic rings. The standard InChI is InChI=1S/C19H21N5OS/c1-2-14-11-15-18(21-13-22-19(15)26-14)24-9-7-23(8-10-24)17(12-25)16-5-3-4-6-20-16/h3-6,11-13,17H,2,7-10H2,1H3. The predicted molar refractivity (Wildman–Crippen MR) is 104 cm³/mol. The number of hydrogen-bond acceptors (Lipinski definition) is 7. The van der Waals surface area contributed by atoms with Gasteiger partial charge >= 0.3 is 0 Å². The highest BCUT2D eigenvalue weighted by Crippen LogP contribution is 2.31. The van der Waals surface area contributed by atoms with Crippen molar-refractivity contribution in [1.29, 1.82) is 0 Å². The summed E-state index contributed by atoms with van der Waals surface area (Å²) in [4.78, 5) is 31.8. The number of carbonyl (C=O) groups is 1. The molecule has 0 radical (unpaired) electrons. The van der Waals surface area contributed by atoms with Crippen LogP contribution in [0.5, 0.6) is 0 Å². The maximum Gasteiger partial charge on any atom is 0.143 e. The van der Waals surface area contributed by atoms with Crippen LogP contribution in [0.1, 0.15) is 23.5 Å². The molecule has 3 aromatic rings. The van der Waals surface area contributed by atoms with E-state index in [0.717, 1.165) is 60.6 Å². The third kappa shape index (κ3) is 3.20. The van der Waals surface area contributed by atoms with Crippen LogP contribution in [0.15, 0.2) is 36.8 Å². The molecule has 4 rings (SSSR count). The van der Waals surface area contributed by atoms with E-state index >= 15 is 0 Å². The lowest BCUT2D eigenvalue weighted by atomic mass is 10.1. The summed E-state index contributed by atoms with van der Waals surface area (Å²) in [6.07, 6.45) is 5.40. The highest BCUT2D eigenvalue weighted by atomic mass is 32.1. The molecule has 1 saturated heterocycles. The van der Waals surface area contributed by atoms with Crippen molar-refractivity contribution in [3.8, 4) is 0 Å². The Labute approximate surface area is 156 Å². The van der Waals surface area contributed by atoms with E-state index < -0.39 is 0 Å². The highest BCUT2D eigenvalue weighted by molar-refractivity contribution is 7.18. The van der Waals surface area contributed by atoms with Crippen LogP contribution in [0.3, 0.4) is 0 Å². The Morgan fingerprint density at radius 1 is 1.19 bits per heavy atom. The van der Waals surface area contributed by atoms with Gasteiger partial charge in [0.1, 0.15) is 29.3 Å². The van der Waals surface area contributed by atoms with Crippen molar-refractivity contribution in [3.05, 3.63) is 47.4 Å². The molecule has 134 valence electrons. The Balaban J connectivity index is 1.52. The molecule has 0 aromatic carbocycles. The summed E-state index contributed by atoms with van der Waals surface area (Å²) in [7, 11) is 0. The normalized spacial score (nSPS) is 16.7. The Hall–Kier alpha value is -2.38. The molecule has 4 heterocycles. The van der Waals surface area contributed by atoms with Crippen molar-refractivity contribution in [2.75, 3.05) is 31.1 Å². The zero-order valence-corrected chi connectivity index (χ0v) is 15.5. The SMILES string of the molecule is CCc1cc2c(N3CCN(C(C=O)c4ccccn4)CC3)ncnc2s1. The molecule has 1 unspecified atom stereocenters. The summed E-state index contributed by atoms with van der Waals surface area (Å²) in [6, 6.07) is 7.64. The van der Waals surface area contributed by atoms with Crippen molar-refractivity contribution in [3.63, 3.8) is 0 Å². The number of aromatic nitrogens is 3. The highest BCUT2D eigenvalue weighted by Gasteiger charge is 2.27. The molecule has 0 spiro atoms. The Kier molecular flexibility index (Phi) is 4.90. The van der Waals surface area contributed by atoms with Gasteiger partial charge in [-0.25, -0.2) is 9.97 Å². The van der Waals surface area contributed by atoms with Crippen molar-refractivity contribution < 1.29 is 4.79 Å². The molecule has 1 fully saturated rings. The summed E-state index contributed by atoms with van der Waals surface area (Å²) < 4.78 is 0. The third-order valence-electron chi connectivity index (χ3n) is 4.83. The van der Waals surface area contributed by atoms with Crippen molar-refractivity contribution in [2.45, 2.75) is 19.4 Å². The van der Waals surface area contributed by atoms with E-state index in [9.17, 15) is 4.79 Å². The van der Waals surface area contributed by atoms with Gasteiger partial charge in [-0.05, 0) is 24.6 Å². The lowest BCUT2D eigenvalue weighted by Gasteiger charge is -2.37. The molecule has 0 bridgehead atoms. The van der Waals surface area contributed by atoms with Crippen LogP contribution in [-0.2, 0) is 11.2 Å². The monoisotopic (exact) mass is 367 g/mol. The van der Waals surface area contributed by atoms with Gasteiger partial charge in [0, 0.05) is 37.3 Å². The molecule has 0 saturated carbocycles. The van der Waals surface area contributed by atoms with Crippen LogP contribution in [0.25, 0.3) is 10.2 Å². The average Bonchev–Trinajstić information content (AvgIpc) is 3.13. The number of pyridine rings is 1. The fraction of sp³-hybridized carbons (Fsp3) is 0.368. The van der Waals surface area contributed by atoms with Gasteiger partial charge < -0.3 is 9.69 Å². The smallest absolute Gasteiger partial charge is 0.143 e. The van der Waals surface area contributed by atoms with Crippen molar-refractivity contribution in [1.82, 2.24) is 19.9 Å². The number of piperazine rings is 1. The van der Waals surface area contributed by atoms with E-state index in [4.69, 9.17) is 0 Å². The summed E-state index contributed by atoms with van der Waals surface area (Å²) in [5.74, 6) is 1.01. The maximum absolute atomic E-state index is 11.7. The summed E-state index contributed by atoms with van der Waals surface area (Å²) in [6.45, 7) is 5.43. The quantitative estimate of drug-likeness (QED) is 0.646. The van der Waals surface area contributed by atoms with Crippen LogP contribution in [0, 0.1) is 0 Å². The summed E-state index contributed by atoms with van der Waals surface area (Å²) >= 11 is 1.74. The van der Waals surface area contributed by atoms with E-state index in [1.807, 2.05) is 18.2 Å². The van der Waals surface area contributed by atoms with Crippen LogP contribution in [-0.4, -0.2) is 52.3 Å². The van der Waals surface area contributed by atoms with Gasteiger partial charge in [-0.15, -0.1) is 11.3 Å². The number of rotatable bonds is 5. The number of hydrogen-bond donors (Lipinski definition) is 0. The van der Waals surface area contributed by atoms with Gasteiger partial charge in [0.25, 0.3) is 0 Å². The zero-order valence-electron chi connectivity index (χ0n) is 14.7. The topological polar surface area (TPSA) is 62.2 Å². The fourth-order valence-electron chi connectivity index (χ4n) is 3.42. The van der Waals surface area contributed by atoms with Crippen LogP contribution in [0.4, 0.5) is 5.82 Å². The second-order valence-corrected chi connectivity index (χ2v) is 7.46. The molecule has 3 aromatic heterocycles. The van der Waals surface area contributed by atoms with Gasteiger partial charge in [-0.1, -0.05) is 13.0 Å². The first-order valence-corrected chi connectivity index (χ1v) is 9.70. The number of fused-ring (bicyclic) bond motifs is 1. The second-order valence-electron chi connectivity index (χ2n) is 6.34. The minimum atomic E-state index is -0.281. The number of thiophene rings is 1. The van der Waals surface area contributed by atoms with Crippen LogP contribution >= 0.6 is 11.3 Å². The summed E-state index contributed by atoms with van der Waals surface area (Å²) in [5.41, 5.74) is 0.811. The van der Waals surface area contributed by atoms with E-state index in [1.165, 1.54) is 4.88 Å². The number of anilines is 1. The van der Waals surface area contributed by atoms with Crippen molar-refractivity contribution in [2.24, 2.45) is 0 Å². The lowest BCUT2D eigenvalue weighted by molar-refractivity contribution is -0.112. The Morgan fingerprint density at radius 2 is 2.04 bits per heavy atom. The average molecular weight is 367 g/mol. The van der Waals surface area contributed by atoms with Gasteiger partial charge in [0.05, 0.1) is 11.1 Å². The third-order valence-corrected chi connectivity index (χ3v) is 6.02. The van der Waals surface area contributed by atoms with E-state index in [-0.39, 0.29) is 6.04 Å². The molecule has 0 aliphatic carbocycles. The van der Waals surface area contributed by atoms with Crippen LogP contribution in [0.2, 0.25) is 0 Å². The first-order valence-electron chi connectivity index (χ1n) is 8.88.